The van der Waals surface area contributed by atoms with Crippen molar-refractivity contribution in [3.63, 3.8) is 0 Å². The molecule has 4 atom stereocenters. The molecule has 0 aliphatic heterocycles. The Balaban J connectivity index is 2.26. The highest BCUT2D eigenvalue weighted by Gasteiger charge is 2.40. The van der Waals surface area contributed by atoms with E-state index in [9.17, 15) is 5.11 Å². The van der Waals surface area contributed by atoms with Gasteiger partial charge in [-0.1, -0.05) is 19.1 Å². The highest BCUT2D eigenvalue weighted by Crippen LogP contribution is 2.42. The maximum Gasteiger partial charge on any atom is 0.0634 e. The van der Waals surface area contributed by atoms with Crippen LogP contribution in [0.3, 0.4) is 0 Å². The predicted molar refractivity (Wildman–Crippen MR) is 35.9 cm³/mol. The molecule has 1 N–H and O–H groups in total. The first-order valence-electron chi connectivity index (χ1n) is 3.65. The van der Waals surface area contributed by atoms with E-state index in [2.05, 4.69) is 19.1 Å². The number of aliphatic hydroxyl groups is 1. The zero-order chi connectivity index (χ0) is 6.43. The second-order valence-electron chi connectivity index (χ2n) is 3.30. The van der Waals surface area contributed by atoms with Crippen molar-refractivity contribution in [3.8, 4) is 0 Å². The molecule has 0 radical (unpaired) electrons. The third-order valence-electron chi connectivity index (χ3n) is 2.80. The maximum absolute atomic E-state index is 9.44. The van der Waals surface area contributed by atoms with Crippen molar-refractivity contribution in [2.75, 3.05) is 0 Å². The minimum atomic E-state index is -0.0417. The van der Waals surface area contributed by atoms with Gasteiger partial charge in [0.25, 0.3) is 0 Å². The molecule has 1 nitrogen and oxygen atoms in total. The fourth-order valence-corrected chi connectivity index (χ4v) is 2.04. The lowest BCUT2D eigenvalue weighted by Crippen LogP contribution is -2.21. The van der Waals surface area contributed by atoms with Crippen molar-refractivity contribution in [2.24, 2.45) is 17.8 Å². The zero-order valence-corrected chi connectivity index (χ0v) is 5.62. The summed E-state index contributed by atoms with van der Waals surface area (Å²) >= 11 is 0. The van der Waals surface area contributed by atoms with Crippen LogP contribution in [0.1, 0.15) is 13.3 Å². The van der Waals surface area contributed by atoms with Crippen LogP contribution in [0.2, 0.25) is 0 Å². The molecule has 0 amide bonds. The Hall–Kier alpha value is -0.300. The van der Waals surface area contributed by atoms with Crippen molar-refractivity contribution in [1.82, 2.24) is 0 Å². The molecule has 0 aromatic carbocycles. The summed E-state index contributed by atoms with van der Waals surface area (Å²) < 4.78 is 0. The molecular weight excluding hydrogens is 112 g/mol. The highest BCUT2D eigenvalue weighted by atomic mass is 16.3. The van der Waals surface area contributed by atoms with Gasteiger partial charge < -0.3 is 5.11 Å². The van der Waals surface area contributed by atoms with Crippen LogP contribution in [0.15, 0.2) is 12.2 Å². The van der Waals surface area contributed by atoms with Gasteiger partial charge in [0.05, 0.1) is 6.10 Å². The number of aliphatic hydroxyl groups excluding tert-OH is 1. The third kappa shape index (κ3) is 0.584. The summed E-state index contributed by atoms with van der Waals surface area (Å²) in [5.41, 5.74) is 0. The third-order valence-corrected chi connectivity index (χ3v) is 2.80. The lowest BCUT2D eigenvalue weighted by atomic mass is 9.93. The van der Waals surface area contributed by atoms with E-state index in [1.165, 1.54) is 6.42 Å². The van der Waals surface area contributed by atoms with Gasteiger partial charge in [-0.05, 0) is 18.3 Å². The van der Waals surface area contributed by atoms with Crippen LogP contribution in [0.4, 0.5) is 0 Å². The van der Waals surface area contributed by atoms with Crippen LogP contribution in [0.5, 0.6) is 0 Å². The van der Waals surface area contributed by atoms with Crippen molar-refractivity contribution >= 4 is 0 Å². The Kier molecular flexibility index (Phi) is 0.974. The lowest BCUT2D eigenvalue weighted by molar-refractivity contribution is 0.105. The molecule has 0 saturated heterocycles. The van der Waals surface area contributed by atoms with Crippen LogP contribution in [0, 0.1) is 17.8 Å². The van der Waals surface area contributed by atoms with E-state index in [-0.39, 0.29) is 6.10 Å². The van der Waals surface area contributed by atoms with Crippen LogP contribution in [-0.4, -0.2) is 11.2 Å². The van der Waals surface area contributed by atoms with E-state index in [1.54, 1.807) is 0 Å². The van der Waals surface area contributed by atoms with E-state index >= 15 is 0 Å². The largest absolute Gasteiger partial charge is 0.392 e. The number of allylic oxidation sites excluding steroid dienone is 1. The van der Waals surface area contributed by atoms with Crippen molar-refractivity contribution in [2.45, 2.75) is 19.4 Å². The Morgan fingerprint density at radius 2 is 2.00 bits per heavy atom. The van der Waals surface area contributed by atoms with Gasteiger partial charge in [-0.25, -0.2) is 0 Å². The standard InChI is InChI=1S/C8H12O/c1-5-6-2-3-7(4-6)8(5)9/h2-3,5-9H,4H2,1H3. The quantitative estimate of drug-likeness (QED) is 0.481. The minimum absolute atomic E-state index is 0.0417. The molecule has 1 fully saturated rings. The molecule has 0 aromatic rings. The topological polar surface area (TPSA) is 20.2 Å². The fourth-order valence-electron chi connectivity index (χ4n) is 2.04. The molecule has 1 saturated carbocycles. The smallest absolute Gasteiger partial charge is 0.0634 e. The minimum Gasteiger partial charge on any atom is -0.392 e. The summed E-state index contributed by atoms with van der Waals surface area (Å²) in [6, 6.07) is 0. The Morgan fingerprint density at radius 3 is 2.33 bits per heavy atom. The molecule has 0 spiro atoms. The molecule has 0 heterocycles. The first kappa shape index (κ1) is 5.48. The second-order valence-corrected chi connectivity index (χ2v) is 3.30. The molecule has 4 unspecified atom stereocenters. The maximum atomic E-state index is 9.44. The summed E-state index contributed by atoms with van der Waals surface area (Å²) in [7, 11) is 0. The second kappa shape index (κ2) is 1.60. The number of rotatable bonds is 0. The van der Waals surface area contributed by atoms with E-state index < -0.39 is 0 Å². The van der Waals surface area contributed by atoms with Gasteiger partial charge >= 0.3 is 0 Å². The van der Waals surface area contributed by atoms with E-state index in [0.29, 0.717) is 17.8 Å². The number of hydrogen-bond acceptors (Lipinski definition) is 1. The van der Waals surface area contributed by atoms with Crippen molar-refractivity contribution in [3.05, 3.63) is 12.2 Å². The molecule has 50 valence electrons. The lowest BCUT2D eigenvalue weighted by Gasteiger charge is -2.18. The average molecular weight is 124 g/mol. The van der Waals surface area contributed by atoms with Gasteiger partial charge in [-0.15, -0.1) is 0 Å². The monoisotopic (exact) mass is 124 g/mol. The van der Waals surface area contributed by atoms with Gasteiger partial charge in [-0.3, -0.25) is 0 Å². The molecule has 2 rings (SSSR count). The Labute approximate surface area is 55.4 Å². The van der Waals surface area contributed by atoms with Gasteiger partial charge in [0.1, 0.15) is 0 Å². The SMILES string of the molecule is CC1C2C=CC(C2)C1O. The predicted octanol–water partition coefficient (Wildman–Crippen LogP) is 1.19. The fraction of sp³-hybridized carbons (Fsp3) is 0.750. The molecular formula is C8H12O. The van der Waals surface area contributed by atoms with E-state index in [0.717, 1.165) is 0 Å². The van der Waals surface area contributed by atoms with Crippen LogP contribution >= 0.6 is 0 Å². The van der Waals surface area contributed by atoms with Gasteiger partial charge in [0.15, 0.2) is 0 Å². The summed E-state index contributed by atoms with van der Waals surface area (Å²) in [4.78, 5) is 0. The first-order valence-corrected chi connectivity index (χ1v) is 3.65. The van der Waals surface area contributed by atoms with Crippen LogP contribution in [-0.2, 0) is 0 Å². The van der Waals surface area contributed by atoms with Crippen LogP contribution < -0.4 is 0 Å². The molecule has 0 aromatic heterocycles. The zero-order valence-electron chi connectivity index (χ0n) is 5.62. The summed E-state index contributed by atoms with van der Waals surface area (Å²) in [6.45, 7) is 2.14. The summed E-state index contributed by atoms with van der Waals surface area (Å²) in [5, 5.41) is 9.44. The van der Waals surface area contributed by atoms with Crippen molar-refractivity contribution in [1.29, 1.82) is 0 Å². The first-order chi connectivity index (χ1) is 4.29. The van der Waals surface area contributed by atoms with Gasteiger partial charge in [-0.2, -0.15) is 0 Å². The van der Waals surface area contributed by atoms with Gasteiger partial charge in [0.2, 0.25) is 0 Å². The van der Waals surface area contributed by atoms with Crippen molar-refractivity contribution < 1.29 is 5.11 Å². The molecule has 2 bridgehead atoms. The number of hydrogen-bond donors (Lipinski definition) is 1. The van der Waals surface area contributed by atoms with E-state index in [1.807, 2.05) is 0 Å². The average Bonchev–Trinajstić information content (AvgIpc) is 2.37. The molecule has 9 heavy (non-hydrogen) atoms. The summed E-state index contributed by atoms with van der Waals surface area (Å²) in [6.07, 6.45) is 5.57. The van der Waals surface area contributed by atoms with Gasteiger partial charge in [0, 0.05) is 5.92 Å². The normalized spacial score (nSPS) is 54.9. The highest BCUT2D eigenvalue weighted by molar-refractivity contribution is 5.13. The molecule has 2 aliphatic carbocycles. The molecule has 2 aliphatic rings. The summed E-state index contributed by atoms with van der Waals surface area (Å²) in [5.74, 6) is 1.69. The molecule has 1 heteroatoms. The Morgan fingerprint density at radius 1 is 1.33 bits per heavy atom. The Bertz CT molecular complexity index is 135. The number of fused-ring (bicyclic) bond motifs is 2. The van der Waals surface area contributed by atoms with E-state index in [4.69, 9.17) is 0 Å². The van der Waals surface area contributed by atoms with Crippen LogP contribution in [0.25, 0.3) is 0 Å².